The van der Waals surface area contributed by atoms with Gasteiger partial charge in [-0.1, -0.05) is 0 Å². The van der Waals surface area contributed by atoms with Crippen molar-refractivity contribution in [3.63, 3.8) is 0 Å². The van der Waals surface area contributed by atoms with Gasteiger partial charge in [0.25, 0.3) is 0 Å². The van der Waals surface area contributed by atoms with Crippen molar-refractivity contribution in [2.75, 3.05) is 5.32 Å². The fourth-order valence-electron chi connectivity index (χ4n) is 2.37. The lowest BCUT2D eigenvalue weighted by atomic mass is 10.1. The largest absolute Gasteiger partial charge is 0.481 e. The number of aromatic nitrogens is 3. The Balaban J connectivity index is 1.88. The van der Waals surface area contributed by atoms with Gasteiger partial charge in [-0.25, -0.2) is 9.97 Å². The second-order valence-electron chi connectivity index (χ2n) is 5.07. The Morgan fingerprint density at radius 3 is 3.05 bits per heavy atom. The van der Waals surface area contributed by atoms with E-state index in [9.17, 15) is 4.79 Å². The summed E-state index contributed by atoms with van der Waals surface area (Å²) >= 11 is 0. The summed E-state index contributed by atoms with van der Waals surface area (Å²) in [6.45, 7) is 0. The molecule has 2 aromatic rings. The van der Waals surface area contributed by atoms with Gasteiger partial charge in [-0.3, -0.25) is 4.79 Å². The van der Waals surface area contributed by atoms with Crippen LogP contribution < -0.4 is 5.32 Å². The molecular weight excluding hydrogens is 244 g/mol. The standard InChI is InChI=1S/C13H16N4O2/c1-17-7-15-12-10(17)4-5-14-13(12)16-9(6-11(18)19)8-2-3-8/h4-5,7-9H,2-3,6H2,1H3,(H,14,16)(H,18,19). The molecule has 0 radical (unpaired) electrons. The minimum Gasteiger partial charge on any atom is -0.481 e. The van der Waals surface area contributed by atoms with Crippen LogP contribution in [0.1, 0.15) is 19.3 Å². The molecule has 1 unspecified atom stereocenters. The van der Waals surface area contributed by atoms with Crippen LogP contribution in [0.15, 0.2) is 18.6 Å². The average Bonchev–Trinajstić information content (AvgIpc) is 3.14. The number of nitrogens with one attached hydrogen (secondary N) is 1. The summed E-state index contributed by atoms with van der Waals surface area (Å²) in [6, 6.07) is 1.84. The number of carboxylic acids is 1. The van der Waals surface area contributed by atoms with Gasteiger partial charge in [-0.15, -0.1) is 0 Å². The van der Waals surface area contributed by atoms with Crippen LogP contribution in [0.2, 0.25) is 0 Å². The Morgan fingerprint density at radius 2 is 2.37 bits per heavy atom. The van der Waals surface area contributed by atoms with Crippen LogP contribution in [0.25, 0.3) is 11.0 Å². The SMILES string of the molecule is Cn1cnc2c(NC(CC(=O)O)C3CC3)nccc21. The molecule has 2 aromatic heterocycles. The lowest BCUT2D eigenvalue weighted by Crippen LogP contribution is -2.26. The molecule has 0 aromatic carbocycles. The van der Waals surface area contributed by atoms with Crippen molar-refractivity contribution in [1.82, 2.24) is 14.5 Å². The third kappa shape index (κ3) is 2.38. The number of carbonyl (C=O) groups is 1. The summed E-state index contributed by atoms with van der Waals surface area (Å²) in [4.78, 5) is 19.5. The predicted molar refractivity (Wildman–Crippen MR) is 70.9 cm³/mol. The molecule has 6 nitrogen and oxygen atoms in total. The third-order valence-electron chi connectivity index (χ3n) is 3.55. The second-order valence-corrected chi connectivity index (χ2v) is 5.07. The Hall–Kier alpha value is -2.11. The number of nitrogens with zero attached hydrogens (tertiary/aromatic N) is 3. The summed E-state index contributed by atoms with van der Waals surface area (Å²) in [7, 11) is 1.93. The summed E-state index contributed by atoms with van der Waals surface area (Å²) in [5.41, 5.74) is 1.78. The molecule has 19 heavy (non-hydrogen) atoms. The number of rotatable bonds is 5. The maximum absolute atomic E-state index is 10.9. The molecule has 0 saturated heterocycles. The first kappa shape index (κ1) is 12.0. The summed E-state index contributed by atoms with van der Waals surface area (Å²) < 4.78 is 1.92. The van der Waals surface area contributed by atoms with Gasteiger partial charge in [0.1, 0.15) is 5.52 Å². The molecule has 2 N–H and O–H groups in total. The summed E-state index contributed by atoms with van der Waals surface area (Å²) in [5, 5.41) is 12.2. The number of anilines is 1. The van der Waals surface area contributed by atoms with Crippen molar-refractivity contribution >= 4 is 22.8 Å². The molecule has 1 saturated carbocycles. The maximum Gasteiger partial charge on any atom is 0.305 e. The van der Waals surface area contributed by atoms with E-state index in [4.69, 9.17) is 5.11 Å². The van der Waals surface area contributed by atoms with E-state index in [1.165, 1.54) is 0 Å². The predicted octanol–water partition coefficient (Wildman–Crippen LogP) is 1.63. The molecule has 1 fully saturated rings. The van der Waals surface area contributed by atoms with Gasteiger partial charge < -0.3 is 15.0 Å². The number of hydrogen-bond acceptors (Lipinski definition) is 4. The van der Waals surface area contributed by atoms with E-state index in [0.29, 0.717) is 11.7 Å². The number of hydrogen-bond donors (Lipinski definition) is 2. The Morgan fingerprint density at radius 1 is 1.58 bits per heavy atom. The van der Waals surface area contributed by atoms with Crippen LogP contribution in [-0.4, -0.2) is 31.7 Å². The zero-order valence-electron chi connectivity index (χ0n) is 10.7. The van der Waals surface area contributed by atoms with Gasteiger partial charge in [0.15, 0.2) is 5.82 Å². The van der Waals surface area contributed by atoms with Gasteiger partial charge in [0.05, 0.1) is 18.3 Å². The zero-order chi connectivity index (χ0) is 13.4. The molecule has 1 atom stereocenters. The van der Waals surface area contributed by atoms with Crippen molar-refractivity contribution in [3.05, 3.63) is 18.6 Å². The average molecular weight is 260 g/mol. The van der Waals surface area contributed by atoms with E-state index >= 15 is 0 Å². The first-order chi connectivity index (χ1) is 9.15. The highest BCUT2D eigenvalue weighted by Crippen LogP contribution is 2.36. The van der Waals surface area contributed by atoms with Crippen LogP contribution in [0, 0.1) is 5.92 Å². The first-order valence-corrected chi connectivity index (χ1v) is 6.39. The number of aliphatic carboxylic acids is 1. The fraction of sp³-hybridized carbons (Fsp3) is 0.462. The number of fused-ring (bicyclic) bond motifs is 1. The van der Waals surface area contributed by atoms with Crippen LogP contribution in [0.3, 0.4) is 0 Å². The Kier molecular flexibility index (Phi) is 2.85. The first-order valence-electron chi connectivity index (χ1n) is 6.39. The minimum absolute atomic E-state index is 0.0578. The van der Waals surface area contributed by atoms with Gasteiger partial charge in [-0.05, 0) is 24.8 Å². The normalized spacial score (nSPS) is 16.5. The number of pyridine rings is 1. The fourth-order valence-corrected chi connectivity index (χ4v) is 2.37. The molecule has 2 heterocycles. The minimum atomic E-state index is -0.780. The zero-order valence-corrected chi connectivity index (χ0v) is 10.7. The van der Waals surface area contributed by atoms with Crippen LogP contribution in [-0.2, 0) is 11.8 Å². The highest BCUT2D eigenvalue weighted by Gasteiger charge is 2.33. The van der Waals surface area contributed by atoms with Crippen molar-refractivity contribution in [1.29, 1.82) is 0 Å². The molecular formula is C13H16N4O2. The number of imidazole rings is 1. The summed E-state index contributed by atoms with van der Waals surface area (Å²) in [6.07, 6.45) is 5.75. The van der Waals surface area contributed by atoms with Gasteiger partial charge in [0, 0.05) is 19.3 Å². The van der Waals surface area contributed by atoms with Crippen molar-refractivity contribution in [3.8, 4) is 0 Å². The van der Waals surface area contributed by atoms with E-state index < -0.39 is 5.97 Å². The van der Waals surface area contributed by atoms with Gasteiger partial charge in [-0.2, -0.15) is 0 Å². The Bertz CT molecular complexity index is 618. The van der Waals surface area contributed by atoms with E-state index in [2.05, 4.69) is 15.3 Å². The number of aryl methyl sites for hydroxylation is 1. The lowest BCUT2D eigenvalue weighted by molar-refractivity contribution is -0.137. The molecule has 0 bridgehead atoms. The lowest BCUT2D eigenvalue weighted by Gasteiger charge is -2.17. The second kappa shape index (κ2) is 4.53. The Labute approximate surface area is 110 Å². The highest BCUT2D eigenvalue weighted by atomic mass is 16.4. The molecule has 100 valence electrons. The van der Waals surface area contributed by atoms with Crippen molar-refractivity contribution in [2.24, 2.45) is 13.0 Å². The number of carboxylic acid groups (broad SMARTS) is 1. The third-order valence-corrected chi connectivity index (χ3v) is 3.55. The van der Waals surface area contributed by atoms with Crippen molar-refractivity contribution < 1.29 is 9.90 Å². The molecule has 1 aliphatic carbocycles. The van der Waals surface area contributed by atoms with Crippen molar-refractivity contribution in [2.45, 2.75) is 25.3 Å². The molecule has 1 aliphatic rings. The van der Waals surface area contributed by atoms with Crippen LogP contribution in [0.5, 0.6) is 0 Å². The monoisotopic (exact) mass is 260 g/mol. The molecule has 0 spiro atoms. The molecule has 0 aliphatic heterocycles. The molecule has 0 amide bonds. The molecule has 6 heteroatoms. The smallest absolute Gasteiger partial charge is 0.305 e. The maximum atomic E-state index is 10.9. The van der Waals surface area contributed by atoms with Crippen LogP contribution in [0.4, 0.5) is 5.82 Å². The highest BCUT2D eigenvalue weighted by molar-refractivity contribution is 5.86. The van der Waals surface area contributed by atoms with Crippen LogP contribution >= 0.6 is 0 Å². The van der Waals surface area contributed by atoms with Gasteiger partial charge in [0.2, 0.25) is 0 Å². The summed E-state index contributed by atoms with van der Waals surface area (Å²) in [5.74, 6) is 0.339. The van der Waals surface area contributed by atoms with E-state index in [1.807, 2.05) is 17.7 Å². The quantitative estimate of drug-likeness (QED) is 0.854. The van der Waals surface area contributed by atoms with E-state index in [-0.39, 0.29) is 12.5 Å². The van der Waals surface area contributed by atoms with Gasteiger partial charge >= 0.3 is 5.97 Å². The van der Waals surface area contributed by atoms with E-state index in [0.717, 1.165) is 23.9 Å². The van der Waals surface area contributed by atoms with E-state index in [1.54, 1.807) is 12.5 Å². The molecule has 3 rings (SSSR count). The topological polar surface area (TPSA) is 80.0 Å².